The summed E-state index contributed by atoms with van der Waals surface area (Å²) in [6.07, 6.45) is 5.01. The third-order valence-corrected chi connectivity index (χ3v) is 4.08. The molecule has 3 rings (SSSR count). The predicted molar refractivity (Wildman–Crippen MR) is 106 cm³/mol. The number of aromatic nitrogens is 2. The lowest BCUT2D eigenvalue weighted by molar-refractivity contribution is -0.123. The Hall–Kier alpha value is -3.19. The van der Waals surface area contributed by atoms with Crippen LogP contribution in [0.15, 0.2) is 59.5 Å². The molecule has 0 aliphatic rings. The lowest BCUT2D eigenvalue weighted by Crippen LogP contribution is -2.31. The number of rotatable bonds is 8. The van der Waals surface area contributed by atoms with Crippen molar-refractivity contribution in [3.63, 3.8) is 0 Å². The molecule has 2 aromatic heterocycles. The Kier molecular flexibility index (Phi) is 6.39. The van der Waals surface area contributed by atoms with Gasteiger partial charge in [0.1, 0.15) is 11.5 Å². The molecule has 7 heteroatoms. The van der Waals surface area contributed by atoms with Gasteiger partial charge >= 0.3 is 0 Å². The van der Waals surface area contributed by atoms with Gasteiger partial charge in [0.25, 0.3) is 5.91 Å². The summed E-state index contributed by atoms with van der Waals surface area (Å²) < 4.78 is 11.1. The van der Waals surface area contributed by atoms with Crippen molar-refractivity contribution in [1.29, 1.82) is 0 Å². The van der Waals surface area contributed by atoms with E-state index in [1.165, 1.54) is 0 Å². The van der Waals surface area contributed by atoms with Gasteiger partial charge in [0.05, 0.1) is 12.3 Å². The third kappa shape index (κ3) is 5.17. The number of carbonyl (C=O) groups excluding carboxylic acids is 1. The summed E-state index contributed by atoms with van der Waals surface area (Å²) in [5.41, 5.74) is 1.86. The molecular weight excluding hydrogens is 356 g/mol. The largest absolute Gasteiger partial charge is 0.483 e. The van der Waals surface area contributed by atoms with E-state index >= 15 is 0 Å². The van der Waals surface area contributed by atoms with E-state index in [-0.39, 0.29) is 18.6 Å². The fraction of sp³-hybridized carbons (Fsp3) is 0.286. The zero-order valence-corrected chi connectivity index (χ0v) is 16.3. The van der Waals surface area contributed by atoms with Crippen molar-refractivity contribution in [3.05, 3.63) is 66.4 Å². The van der Waals surface area contributed by atoms with Crippen molar-refractivity contribution in [2.45, 2.75) is 19.5 Å². The van der Waals surface area contributed by atoms with E-state index < -0.39 is 0 Å². The molecule has 0 fully saturated rings. The average molecular weight is 380 g/mol. The number of furan rings is 1. The number of benzene rings is 1. The highest BCUT2D eigenvalue weighted by Crippen LogP contribution is 2.26. The van der Waals surface area contributed by atoms with Gasteiger partial charge < -0.3 is 19.4 Å². The van der Waals surface area contributed by atoms with E-state index in [1.807, 2.05) is 50.2 Å². The van der Waals surface area contributed by atoms with Crippen LogP contribution in [0.4, 0.5) is 0 Å². The van der Waals surface area contributed by atoms with Crippen LogP contribution >= 0.6 is 0 Å². The quantitative estimate of drug-likeness (QED) is 0.647. The molecule has 3 aromatic rings. The molecule has 28 heavy (non-hydrogen) atoms. The van der Waals surface area contributed by atoms with Gasteiger partial charge in [-0.1, -0.05) is 0 Å². The van der Waals surface area contributed by atoms with Crippen LogP contribution in [-0.2, 0) is 11.3 Å². The van der Waals surface area contributed by atoms with Gasteiger partial charge in [0.15, 0.2) is 12.4 Å². The van der Waals surface area contributed by atoms with Crippen LogP contribution in [0.25, 0.3) is 11.4 Å². The van der Waals surface area contributed by atoms with Crippen LogP contribution in [0, 0.1) is 0 Å². The first kappa shape index (κ1) is 19.6. The summed E-state index contributed by atoms with van der Waals surface area (Å²) in [5, 5.41) is 2.86. The second-order valence-corrected chi connectivity index (χ2v) is 6.73. The minimum Gasteiger partial charge on any atom is -0.483 e. The van der Waals surface area contributed by atoms with E-state index in [9.17, 15) is 4.79 Å². The van der Waals surface area contributed by atoms with Gasteiger partial charge in [0, 0.05) is 30.1 Å². The molecule has 0 saturated carbocycles. The molecule has 0 aliphatic carbocycles. The standard InChI is InChI=1S/C21H24N4O3/c1-15(18-6-4-11-27-18)24-20(26)14-28-19-8-7-16(12-17(19)13-25(2)3)21-22-9-5-10-23-21/h4-12,15H,13-14H2,1-3H3,(H,24,26)/t15-/m0/s1. The van der Waals surface area contributed by atoms with Crippen LogP contribution < -0.4 is 10.1 Å². The molecule has 7 nitrogen and oxygen atoms in total. The van der Waals surface area contributed by atoms with Crippen LogP contribution in [0.5, 0.6) is 5.75 Å². The summed E-state index contributed by atoms with van der Waals surface area (Å²) in [7, 11) is 3.96. The molecular formula is C21H24N4O3. The van der Waals surface area contributed by atoms with E-state index in [0.717, 1.165) is 11.1 Å². The molecule has 0 bridgehead atoms. The molecule has 0 radical (unpaired) electrons. The lowest BCUT2D eigenvalue weighted by Gasteiger charge is -2.17. The van der Waals surface area contributed by atoms with Crippen LogP contribution in [0.3, 0.4) is 0 Å². The van der Waals surface area contributed by atoms with Gasteiger partial charge in [-0.25, -0.2) is 9.97 Å². The molecule has 1 aromatic carbocycles. The number of nitrogens with zero attached hydrogens (tertiary/aromatic N) is 3. The van der Waals surface area contributed by atoms with Gasteiger partial charge in [-0.05, 0) is 57.4 Å². The Labute approximate surface area is 164 Å². The summed E-state index contributed by atoms with van der Waals surface area (Å²) in [5.74, 6) is 1.80. The van der Waals surface area contributed by atoms with Gasteiger partial charge in [-0.2, -0.15) is 0 Å². The highest BCUT2D eigenvalue weighted by molar-refractivity contribution is 5.78. The Morgan fingerprint density at radius 3 is 2.68 bits per heavy atom. The van der Waals surface area contributed by atoms with Gasteiger partial charge in [-0.3, -0.25) is 4.79 Å². The number of ether oxygens (including phenoxy) is 1. The second kappa shape index (κ2) is 9.14. The highest BCUT2D eigenvalue weighted by atomic mass is 16.5. The van der Waals surface area contributed by atoms with Crippen molar-refractivity contribution >= 4 is 5.91 Å². The Morgan fingerprint density at radius 1 is 1.21 bits per heavy atom. The normalized spacial score (nSPS) is 12.0. The number of hydrogen-bond donors (Lipinski definition) is 1. The van der Waals surface area contributed by atoms with Crippen molar-refractivity contribution in [2.24, 2.45) is 0 Å². The number of nitrogens with one attached hydrogen (secondary N) is 1. The Morgan fingerprint density at radius 2 is 2.00 bits per heavy atom. The third-order valence-electron chi connectivity index (χ3n) is 4.08. The monoisotopic (exact) mass is 380 g/mol. The summed E-state index contributed by atoms with van der Waals surface area (Å²) in [6, 6.07) is 10.9. The maximum Gasteiger partial charge on any atom is 0.258 e. The maximum atomic E-state index is 12.2. The van der Waals surface area contributed by atoms with Crippen molar-refractivity contribution in [3.8, 4) is 17.1 Å². The van der Waals surface area contributed by atoms with Gasteiger partial charge in [-0.15, -0.1) is 0 Å². The van der Waals surface area contributed by atoms with E-state index in [1.54, 1.807) is 30.8 Å². The van der Waals surface area contributed by atoms with Crippen LogP contribution in [0.2, 0.25) is 0 Å². The molecule has 1 N–H and O–H groups in total. The zero-order chi connectivity index (χ0) is 19.9. The zero-order valence-electron chi connectivity index (χ0n) is 16.3. The first-order valence-electron chi connectivity index (χ1n) is 9.03. The summed E-state index contributed by atoms with van der Waals surface area (Å²) >= 11 is 0. The molecule has 1 amide bonds. The number of carbonyl (C=O) groups is 1. The van der Waals surface area contributed by atoms with Gasteiger partial charge in [0.2, 0.25) is 0 Å². The molecule has 146 valence electrons. The minimum atomic E-state index is -0.218. The van der Waals surface area contributed by atoms with Crippen LogP contribution in [0.1, 0.15) is 24.3 Å². The smallest absolute Gasteiger partial charge is 0.258 e. The number of amides is 1. The van der Waals surface area contributed by atoms with E-state index in [4.69, 9.17) is 9.15 Å². The van der Waals surface area contributed by atoms with E-state index in [2.05, 4.69) is 15.3 Å². The summed E-state index contributed by atoms with van der Waals surface area (Å²) in [4.78, 5) is 22.9. The fourth-order valence-corrected chi connectivity index (χ4v) is 2.81. The fourth-order valence-electron chi connectivity index (χ4n) is 2.81. The number of hydrogen-bond acceptors (Lipinski definition) is 6. The molecule has 0 aliphatic heterocycles. The molecule has 1 atom stereocenters. The van der Waals surface area contributed by atoms with Crippen molar-refractivity contribution in [1.82, 2.24) is 20.2 Å². The Balaban J connectivity index is 1.69. The molecule has 2 heterocycles. The maximum absolute atomic E-state index is 12.2. The average Bonchev–Trinajstić information content (AvgIpc) is 3.22. The van der Waals surface area contributed by atoms with Crippen molar-refractivity contribution < 1.29 is 13.9 Å². The molecule has 0 saturated heterocycles. The van der Waals surface area contributed by atoms with Crippen LogP contribution in [-0.4, -0.2) is 41.5 Å². The highest BCUT2D eigenvalue weighted by Gasteiger charge is 2.14. The second-order valence-electron chi connectivity index (χ2n) is 6.73. The first-order valence-corrected chi connectivity index (χ1v) is 9.03. The Bertz CT molecular complexity index is 895. The van der Waals surface area contributed by atoms with E-state index in [0.29, 0.717) is 23.9 Å². The predicted octanol–water partition coefficient (Wildman–Crippen LogP) is 3.05. The lowest BCUT2D eigenvalue weighted by atomic mass is 10.1. The summed E-state index contributed by atoms with van der Waals surface area (Å²) in [6.45, 7) is 2.45. The SMILES string of the molecule is C[C@H](NC(=O)COc1ccc(-c2ncccn2)cc1CN(C)C)c1ccco1. The molecule has 0 unspecified atom stereocenters. The minimum absolute atomic E-state index is 0.0767. The molecule has 0 spiro atoms. The van der Waals surface area contributed by atoms with Crippen molar-refractivity contribution in [2.75, 3.05) is 20.7 Å². The topological polar surface area (TPSA) is 80.5 Å². The first-order chi connectivity index (χ1) is 13.5.